The summed E-state index contributed by atoms with van der Waals surface area (Å²) in [5.41, 5.74) is 1.51. The molecule has 0 atom stereocenters. The predicted molar refractivity (Wildman–Crippen MR) is 86.8 cm³/mol. The van der Waals surface area contributed by atoms with Crippen LogP contribution in [0, 0.1) is 6.92 Å². The topological polar surface area (TPSA) is 74.3 Å². The van der Waals surface area contributed by atoms with Crippen LogP contribution in [-0.4, -0.2) is 58.5 Å². The first-order chi connectivity index (χ1) is 11.2. The molecule has 2 aromatic rings. The summed E-state index contributed by atoms with van der Waals surface area (Å²) in [4.78, 5) is 28.2. The molecule has 0 bridgehead atoms. The number of piperazine rings is 1. The maximum Gasteiger partial charge on any atom is 0.270 e. The van der Waals surface area contributed by atoms with Gasteiger partial charge in [-0.3, -0.25) is 4.79 Å². The molecule has 122 valence electrons. The van der Waals surface area contributed by atoms with Gasteiger partial charge in [0.1, 0.15) is 5.69 Å². The Labute approximate surface area is 135 Å². The van der Waals surface area contributed by atoms with E-state index in [1.807, 2.05) is 30.9 Å². The van der Waals surface area contributed by atoms with Crippen molar-refractivity contribution < 1.29 is 9.53 Å². The van der Waals surface area contributed by atoms with Crippen molar-refractivity contribution in [3.8, 4) is 5.88 Å². The number of ether oxygens (including phenoxy) is 1. The van der Waals surface area contributed by atoms with Crippen molar-refractivity contribution in [1.29, 1.82) is 0 Å². The van der Waals surface area contributed by atoms with Gasteiger partial charge in [-0.05, 0) is 26.0 Å². The molecule has 0 saturated carbocycles. The van der Waals surface area contributed by atoms with Crippen LogP contribution < -0.4 is 9.64 Å². The van der Waals surface area contributed by atoms with E-state index in [2.05, 4.69) is 19.9 Å². The SMILES string of the molecule is CCOc1cc(C)nc(N2CCN(C(=O)c3ccc[nH]3)CC2)n1. The lowest BCUT2D eigenvalue weighted by atomic mass is 10.3. The number of carbonyl (C=O) groups is 1. The van der Waals surface area contributed by atoms with Crippen LogP contribution in [0.3, 0.4) is 0 Å². The van der Waals surface area contributed by atoms with Gasteiger partial charge in [-0.1, -0.05) is 0 Å². The number of aryl methyl sites for hydroxylation is 1. The first-order valence-electron chi connectivity index (χ1n) is 7.83. The van der Waals surface area contributed by atoms with Crippen molar-refractivity contribution >= 4 is 11.9 Å². The number of rotatable bonds is 4. The number of carbonyl (C=O) groups excluding carboxylic acids is 1. The van der Waals surface area contributed by atoms with Crippen LogP contribution in [0.5, 0.6) is 5.88 Å². The van der Waals surface area contributed by atoms with E-state index in [-0.39, 0.29) is 5.91 Å². The van der Waals surface area contributed by atoms with Gasteiger partial charge in [-0.15, -0.1) is 0 Å². The number of hydrogen-bond donors (Lipinski definition) is 1. The number of aromatic nitrogens is 3. The van der Waals surface area contributed by atoms with Gasteiger partial charge in [-0.2, -0.15) is 4.98 Å². The Bertz CT molecular complexity index is 663. The summed E-state index contributed by atoms with van der Waals surface area (Å²) < 4.78 is 5.48. The van der Waals surface area contributed by atoms with E-state index in [4.69, 9.17) is 4.74 Å². The summed E-state index contributed by atoms with van der Waals surface area (Å²) in [5.74, 6) is 1.30. The highest BCUT2D eigenvalue weighted by Crippen LogP contribution is 2.17. The highest BCUT2D eigenvalue weighted by molar-refractivity contribution is 5.92. The standard InChI is InChI=1S/C16H21N5O2/c1-3-23-14-11-12(2)18-16(19-14)21-9-7-20(8-10-21)15(22)13-5-4-6-17-13/h4-6,11,17H,3,7-10H2,1-2H3. The molecule has 7 heteroatoms. The highest BCUT2D eigenvalue weighted by atomic mass is 16.5. The number of H-pyrrole nitrogens is 1. The molecule has 1 aliphatic heterocycles. The minimum atomic E-state index is 0.0369. The molecule has 1 saturated heterocycles. The number of aromatic amines is 1. The van der Waals surface area contributed by atoms with Gasteiger partial charge in [0.2, 0.25) is 11.8 Å². The zero-order chi connectivity index (χ0) is 16.2. The zero-order valence-electron chi connectivity index (χ0n) is 13.5. The van der Waals surface area contributed by atoms with Crippen LogP contribution >= 0.6 is 0 Å². The molecular formula is C16H21N5O2. The van der Waals surface area contributed by atoms with Crippen LogP contribution in [0.25, 0.3) is 0 Å². The molecular weight excluding hydrogens is 294 g/mol. The second-order valence-electron chi connectivity index (χ2n) is 5.44. The fraction of sp³-hybridized carbons (Fsp3) is 0.438. The molecule has 1 N–H and O–H groups in total. The Balaban J connectivity index is 1.66. The van der Waals surface area contributed by atoms with E-state index in [0.29, 0.717) is 50.3 Å². The minimum Gasteiger partial charge on any atom is -0.478 e. The van der Waals surface area contributed by atoms with Crippen molar-refractivity contribution in [2.45, 2.75) is 13.8 Å². The van der Waals surface area contributed by atoms with E-state index in [1.54, 1.807) is 12.3 Å². The first kappa shape index (κ1) is 15.3. The largest absolute Gasteiger partial charge is 0.478 e. The number of nitrogens with zero attached hydrogens (tertiary/aromatic N) is 4. The molecule has 7 nitrogen and oxygen atoms in total. The van der Waals surface area contributed by atoms with Crippen molar-refractivity contribution in [3.63, 3.8) is 0 Å². The summed E-state index contributed by atoms with van der Waals surface area (Å²) in [7, 11) is 0. The second kappa shape index (κ2) is 6.68. The third-order valence-electron chi connectivity index (χ3n) is 3.79. The quantitative estimate of drug-likeness (QED) is 0.925. The summed E-state index contributed by atoms with van der Waals surface area (Å²) >= 11 is 0. The molecule has 1 amide bonds. The third kappa shape index (κ3) is 3.44. The molecule has 0 aliphatic carbocycles. The van der Waals surface area contributed by atoms with Gasteiger partial charge in [0.05, 0.1) is 6.61 Å². The van der Waals surface area contributed by atoms with Crippen LogP contribution in [0.2, 0.25) is 0 Å². The van der Waals surface area contributed by atoms with E-state index >= 15 is 0 Å². The van der Waals surface area contributed by atoms with E-state index in [9.17, 15) is 4.79 Å². The predicted octanol–water partition coefficient (Wildman–Crippen LogP) is 1.47. The van der Waals surface area contributed by atoms with Crippen LogP contribution in [0.15, 0.2) is 24.4 Å². The van der Waals surface area contributed by atoms with E-state index in [0.717, 1.165) is 5.69 Å². The highest BCUT2D eigenvalue weighted by Gasteiger charge is 2.24. The molecule has 0 unspecified atom stereocenters. The minimum absolute atomic E-state index is 0.0369. The normalized spacial score (nSPS) is 14.9. The zero-order valence-corrected chi connectivity index (χ0v) is 13.5. The lowest BCUT2D eigenvalue weighted by Gasteiger charge is -2.34. The van der Waals surface area contributed by atoms with Gasteiger partial charge in [0.25, 0.3) is 5.91 Å². The molecule has 23 heavy (non-hydrogen) atoms. The number of nitrogens with one attached hydrogen (secondary N) is 1. The molecule has 0 spiro atoms. The number of hydrogen-bond acceptors (Lipinski definition) is 5. The van der Waals surface area contributed by atoms with Crippen molar-refractivity contribution in [2.75, 3.05) is 37.7 Å². The Morgan fingerprint density at radius 2 is 2.09 bits per heavy atom. The van der Waals surface area contributed by atoms with Crippen molar-refractivity contribution in [2.24, 2.45) is 0 Å². The molecule has 1 aliphatic rings. The average Bonchev–Trinajstić information content (AvgIpc) is 3.08. The van der Waals surface area contributed by atoms with E-state index in [1.165, 1.54) is 0 Å². The first-order valence-corrected chi connectivity index (χ1v) is 7.83. The van der Waals surface area contributed by atoms with Gasteiger partial charge < -0.3 is 19.5 Å². The summed E-state index contributed by atoms with van der Waals surface area (Å²) in [5, 5.41) is 0. The van der Waals surface area contributed by atoms with E-state index < -0.39 is 0 Å². The summed E-state index contributed by atoms with van der Waals surface area (Å²) in [6, 6.07) is 5.46. The summed E-state index contributed by atoms with van der Waals surface area (Å²) in [6.45, 7) is 7.16. The Hall–Kier alpha value is -2.57. The fourth-order valence-electron chi connectivity index (χ4n) is 2.63. The number of amides is 1. The Morgan fingerprint density at radius 1 is 1.30 bits per heavy atom. The molecule has 3 heterocycles. The van der Waals surface area contributed by atoms with Crippen LogP contribution in [-0.2, 0) is 0 Å². The van der Waals surface area contributed by atoms with Gasteiger partial charge in [0, 0.05) is 44.1 Å². The van der Waals surface area contributed by atoms with Crippen molar-refractivity contribution in [1.82, 2.24) is 19.9 Å². The molecule has 1 fully saturated rings. The van der Waals surface area contributed by atoms with Gasteiger partial charge >= 0.3 is 0 Å². The van der Waals surface area contributed by atoms with Crippen molar-refractivity contribution in [3.05, 3.63) is 35.8 Å². The monoisotopic (exact) mass is 315 g/mol. The molecule has 0 radical (unpaired) electrons. The van der Waals surface area contributed by atoms with Gasteiger partial charge in [0.15, 0.2) is 0 Å². The lowest BCUT2D eigenvalue weighted by molar-refractivity contribution is 0.0741. The maximum atomic E-state index is 12.3. The Morgan fingerprint density at radius 3 is 2.74 bits per heavy atom. The molecule has 2 aromatic heterocycles. The smallest absolute Gasteiger partial charge is 0.270 e. The fourth-order valence-corrected chi connectivity index (χ4v) is 2.63. The summed E-state index contributed by atoms with van der Waals surface area (Å²) in [6.07, 6.45) is 1.76. The average molecular weight is 315 g/mol. The lowest BCUT2D eigenvalue weighted by Crippen LogP contribution is -2.49. The molecule has 0 aromatic carbocycles. The van der Waals surface area contributed by atoms with Gasteiger partial charge in [-0.25, -0.2) is 4.98 Å². The maximum absolute atomic E-state index is 12.3. The number of anilines is 1. The molecule has 3 rings (SSSR count). The second-order valence-corrected chi connectivity index (χ2v) is 5.44. The Kier molecular flexibility index (Phi) is 4.45. The van der Waals surface area contributed by atoms with Crippen LogP contribution in [0.1, 0.15) is 23.1 Å². The third-order valence-corrected chi connectivity index (χ3v) is 3.79. The van der Waals surface area contributed by atoms with Crippen LogP contribution in [0.4, 0.5) is 5.95 Å².